The molecule has 1 atom stereocenters. The Bertz CT molecular complexity index is 493. The zero-order valence-electron chi connectivity index (χ0n) is 9.30. The van der Waals surface area contributed by atoms with E-state index in [1.165, 1.54) is 11.3 Å². The van der Waals surface area contributed by atoms with Crippen molar-refractivity contribution in [1.82, 2.24) is 4.98 Å². The molecule has 0 saturated carbocycles. The van der Waals surface area contributed by atoms with Gasteiger partial charge in [-0.3, -0.25) is 4.98 Å². The first kappa shape index (κ1) is 9.40. The average Bonchev–Trinajstić information content (AvgIpc) is 2.69. The zero-order valence-corrected chi connectivity index (χ0v) is 9.30. The van der Waals surface area contributed by atoms with Crippen LogP contribution in [0.4, 0.5) is 5.69 Å². The second-order valence-corrected chi connectivity index (χ2v) is 4.21. The Hall–Kier alpha value is -1.83. The smallest absolute Gasteiger partial charge is 0.0751 e. The van der Waals surface area contributed by atoms with Crippen LogP contribution < -0.4 is 4.90 Å². The lowest BCUT2D eigenvalue weighted by Gasteiger charge is -2.21. The molecule has 0 N–H and O–H groups in total. The monoisotopic (exact) mass is 210 g/mol. The number of rotatable bonds is 1. The highest BCUT2D eigenvalue weighted by molar-refractivity contribution is 5.59. The van der Waals surface area contributed by atoms with Crippen molar-refractivity contribution < 1.29 is 0 Å². The van der Waals surface area contributed by atoms with E-state index in [2.05, 4.69) is 53.3 Å². The van der Waals surface area contributed by atoms with Crippen molar-refractivity contribution in [3.05, 3.63) is 59.9 Å². The van der Waals surface area contributed by atoms with E-state index in [9.17, 15) is 0 Å². The Morgan fingerprint density at radius 2 is 1.94 bits per heavy atom. The Morgan fingerprint density at radius 3 is 2.69 bits per heavy atom. The highest BCUT2D eigenvalue weighted by Crippen LogP contribution is 2.37. The summed E-state index contributed by atoms with van der Waals surface area (Å²) in [6.07, 6.45) is 2.93. The lowest BCUT2D eigenvalue weighted by molar-refractivity contribution is 0.692. The molecule has 0 bridgehead atoms. The minimum absolute atomic E-state index is 0.388. The molecule has 16 heavy (non-hydrogen) atoms. The van der Waals surface area contributed by atoms with Crippen molar-refractivity contribution in [3.63, 3.8) is 0 Å². The molecule has 1 aliphatic rings. The van der Waals surface area contributed by atoms with Crippen LogP contribution in [-0.4, -0.2) is 12.0 Å². The van der Waals surface area contributed by atoms with Crippen LogP contribution in [0.5, 0.6) is 0 Å². The van der Waals surface area contributed by atoms with Crippen molar-refractivity contribution >= 4 is 5.69 Å². The van der Waals surface area contributed by atoms with Gasteiger partial charge < -0.3 is 4.90 Å². The van der Waals surface area contributed by atoms with Crippen molar-refractivity contribution in [2.45, 2.75) is 12.5 Å². The molecule has 2 nitrogen and oxygen atoms in total. The molecule has 0 aliphatic carbocycles. The first-order valence-electron chi connectivity index (χ1n) is 5.58. The maximum atomic E-state index is 4.45. The van der Waals surface area contributed by atoms with E-state index in [0.29, 0.717) is 6.04 Å². The average molecular weight is 210 g/mol. The molecule has 1 aromatic carbocycles. The summed E-state index contributed by atoms with van der Waals surface area (Å²) in [7, 11) is 2.14. The second kappa shape index (κ2) is 3.63. The van der Waals surface area contributed by atoms with Crippen LogP contribution in [0.25, 0.3) is 0 Å². The molecule has 2 heteroatoms. The Labute approximate surface area is 95.6 Å². The maximum absolute atomic E-state index is 4.45. The molecule has 2 aromatic rings. The number of hydrogen-bond acceptors (Lipinski definition) is 2. The predicted molar refractivity (Wildman–Crippen MR) is 65.5 cm³/mol. The number of likely N-dealkylation sites (N-methyl/N-ethyl adjacent to an activating group) is 1. The fourth-order valence-electron chi connectivity index (χ4n) is 2.42. The number of para-hydroxylation sites is 1. The number of anilines is 1. The van der Waals surface area contributed by atoms with Gasteiger partial charge in [-0.15, -0.1) is 0 Å². The van der Waals surface area contributed by atoms with Gasteiger partial charge in [-0.1, -0.05) is 24.3 Å². The second-order valence-electron chi connectivity index (χ2n) is 4.21. The van der Waals surface area contributed by atoms with Gasteiger partial charge in [-0.25, -0.2) is 0 Å². The summed E-state index contributed by atoms with van der Waals surface area (Å²) < 4.78 is 0. The molecular formula is C14H14N2. The van der Waals surface area contributed by atoms with Crippen LogP contribution in [0.2, 0.25) is 0 Å². The molecule has 0 amide bonds. The summed E-state index contributed by atoms with van der Waals surface area (Å²) in [6.45, 7) is 0. The minimum Gasteiger partial charge on any atom is -0.365 e. The van der Waals surface area contributed by atoms with Gasteiger partial charge in [0.05, 0.1) is 11.7 Å². The van der Waals surface area contributed by atoms with Gasteiger partial charge in [0.2, 0.25) is 0 Å². The number of nitrogens with zero attached hydrogens (tertiary/aromatic N) is 2. The lowest BCUT2D eigenvalue weighted by atomic mass is 10.1. The van der Waals surface area contributed by atoms with Gasteiger partial charge in [-0.05, 0) is 23.8 Å². The topological polar surface area (TPSA) is 16.1 Å². The summed E-state index contributed by atoms with van der Waals surface area (Å²) in [5.41, 5.74) is 3.90. The van der Waals surface area contributed by atoms with E-state index < -0.39 is 0 Å². The first-order valence-corrected chi connectivity index (χ1v) is 5.58. The molecule has 80 valence electrons. The highest BCUT2D eigenvalue weighted by atomic mass is 15.2. The fraction of sp³-hybridized carbons (Fsp3) is 0.214. The largest absolute Gasteiger partial charge is 0.365 e. The molecule has 1 unspecified atom stereocenters. The van der Waals surface area contributed by atoms with E-state index in [0.717, 1.165) is 12.1 Å². The normalized spacial score (nSPS) is 18.6. The molecular weight excluding hydrogens is 196 g/mol. The fourth-order valence-corrected chi connectivity index (χ4v) is 2.42. The number of aromatic nitrogens is 1. The van der Waals surface area contributed by atoms with Gasteiger partial charge in [0.25, 0.3) is 0 Å². The van der Waals surface area contributed by atoms with E-state index >= 15 is 0 Å². The predicted octanol–water partition coefficient (Wildman–Crippen LogP) is 2.82. The molecule has 3 rings (SSSR count). The van der Waals surface area contributed by atoms with Crippen molar-refractivity contribution in [1.29, 1.82) is 0 Å². The first-order chi connectivity index (χ1) is 7.86. The van der Waals surface area contributed by atoms with Gasteiger partial charge in [0.1, 0.15) is 0 Å². The van der Waals surface area contributed by atoms with Gasteiger partial charge >= 0.3 is 0 Å². The molecule has 1 aliphatic heterocycles. The number of pyridine rings is 1. The summed E-state index contributed by atoms with van der Waals surface area (Å²) >= 11 is 0. The third-order valence-corrected chi connectivity index (χ3v) is 3.28. The minimum atomic E-state index is 0.388. The molecule has 0 fully saturated rings. The van der Waals surface area contributed by atoms with E-state index in [-0.39, 0.29) is 0 Å². The van der Waals surface area contributed by atoms with Crippen LogP contribution in [0.3, 0.4) is 0 Å². The van der Waals surface area contributed by atoms with Crippen LogP contribution in [0, 0.1) is 0 Å². The van der Waals surface area contributed by atoms with Gasteiger partial charge in [0, 0.05) is 25.4 Å². The Morgan fingerprint density at radius 1 is 1.12 bits per heavy atom. The standard InChI is InChI=1S/C14H14N2/c1-16-13-8-3-2-6-11(13)10-14(16)12-7-4-5-9-15-12/h2-9,14H,10H2,1H3. The van der Waals surface area contributed by atoms with E-state index in [1.54, 1.807) is 0 Å². The number of fused-ring (bicyclic) bond motifs is 1. The highest BCUT2D eigenvalue weighted by Gasteiger charge is 2.27. The van der Waals surface area contributed by atoms with E-state index in [1.807, 2.05) is 12.3 Å². The Balaban J connectivity index is 1.99. The lowest BCUT2D eigenvalue weighted by Crippen LogP contribution is -2.20. The van der Waals surface area contributed by atoms with Crippen molar-refractivity contribution in [2.75, 3.05) is 11.9 Å². The number of hydrogen-bond donors (Lipinski definition) is 0. The van der Waals surface area contributed by atoms with Gasteiger partial charge in [0.15, 0.2) is 0 Å². The molecule has 1 aromatic heterocycles. The quantitative estimate of drug-likeness (QED) is 0.719. The summed E-state index contributed by atoms with van der Waals surface area (Å²) in [4.78, 5) is 6.77. The SMILES string of the molecule is CN1c2ccccc2CC1c1ccccn1. The van der Waals surface area contributed by atoms with E-state index in [4.69, 9.17) is 0 Å². The summed E-state index contributed by atoms with van der Waals surface area (Å²) in [6, 6.07) is 15.1. The molecule has 0 saturated heterocycles. The third-order valence-electron chi connectivity index (χ3n) is 3.28. The molecule has 0 spiro atoms. The maximum Gasteiger partial charge on any atom is 0.0751 e. The molecule has 2 heterocycles. The van der Waals surface area contributed by atoms with Crippen LogP contribution in [0.15, 0.2) is 48.7 Å². The Kier molecular flexibility index (Phi) is 2.13. The third kappa shape index (κ3) is 1.38. The summed E-state index contributed by atoms with van der Waals surface area (Å²) in [5, 5.41) is 0. The molecule has 0 radical (unpaired) electrons. The zero-order chi connectivity index (χ0) is 11.0. The van der Waals surface area contributed by atoms with Crippen LogP contribution in [-0.2, 0) is 6.42 Å². The number of benzene rings is 1. The van der Waals surface area contributed by atoms with Crippen LogP contribution >= 0.6 is 0 Å². The summed E-state index contributed by atoms with van der Waals surface area (Å²) in [5.74, 6) is 0. The van der Waals surface area contributed by atoms with Crippen LogP contribution in [0.1, 0.15) is 17.3 Å². The van der Waals surface area contributed by atoms with Gasteiger partial charge in [-0.2, -0.15) is 0 Å². The van der Waals surface area contributed by atoms with Crippen molar-refractivity contribution in [2.24, 2.45) is 0 Å². The van der Waals surface area contributed by atoms with Crippen molar-refractivity contribution in [3.8, 4) is 0 Å².